The van der Waals surface area contributed by atoms with Crippen LogP contribution in [0.5, 0.6) is 0 Å². The molecule has 1 saturated carbocycles. The minimum atomic E-state index is 0.0483. The van der Waals surface area contributed by atoms with E-state index in [1.165, 1.54) is 12.8 Å². The van der Waals surface area contributed by atoms with Gasteiger partial charge in [-0.2, -0.15) is 10.2 Å². The number of hydrogen-bond donors (Lipinski definition) is 1. The molecule has 1 aliphatic carbocycles. The highest BCUT2D eigenvalue weighted by Gasteiger charge is 2.27. The number of nitrogens with one attached hydrogen (secondary N) is 1. The molecule has 1 saturated heterocycles. The Morgan fingerprint density at radius 3 is 2.84 bits per heavy atom. The second-order valence-electron chi connectivity index (χ2n) is 7.14. The number of rotatable bonds is 6. The summed E-state index contributed by atoms with van der Waals surface area (Å²) < 4.78 is 3.95. The second kappa shape index (κ2) is 7.39. The monoisotopic (exact) mass is 342 g/mol. The molecule has 7 heteroatoms. The SMILES string of the molecule is O=C(CN1CCC[C@@H]1Cn1cccn1)Nc1ccnn1C1CCCC1. The summed E-state index contributed by atoms with van der Waals surface area (Å²) in [6, 6.07) is 4.66. The van der Waals surface area contributed by atoms with Crippen molar-refractivity contribution in [1.82, 2.24) is 24.5 Å². The molecule has 1 amide bonds. The standard InChI is InChI=1S/C18H26N6O/c25-18(21-17-8-10-20-24(17)15-5-1-2-6-15)14-22-11-3-7-16(22)13-23-12-4-9-19-23/h4,8-10,12,15-16H,1-3,5-7,11,13-14H2,(H,21,25)/t16-/m1/s1. The van der Waals surface area contributed by atoms with Gasteiger partial charge in [0.2, 0.25) is 5.91 Å². The van der Waals surface area contributed by atoms with Gasteiger partial charge in [0.15, 0.2) is 0 Å². The summed E-state index contributed by atoms with van der Waals surface area (Å²) in [6.07, 6.45) is 12.6. The predicted octanol–water partition coefficient (Wildman–Crippen LogP) is 2.30. The summed E-state index contributed by atoms with van der Waals surface area (Å²) in [5.41, 5.74) is 0. The highest BCUT2D eigenvalue weighted by molar-refractivity contribution is 5.91. The van der Waals surface area contributed by atoms with Gasteiger partial charge < -0.3 is 5.32 Å². The van der Waals surface area contributed by atoms with Gasteiger partial charge in [0.05, 0.1) is 25.3 Å². The van der Waals surface area contributed by atoms with Gasteiger partial charge in [0, 0.05) is 24.5 Å². The third-order valence-corrected chi connectivity index (χ3v) is 5.41. The average Bonchev–Trinajstić information content (AvgIpc) is 3.35. The molecule has 3 heterocycles. The maximum atomic E-state index is 12.6. The Bertz CT molecular complexity index is 688. The first-order valence-electron chi connectivity index (χ1n) is 9.34. The Kier molecular flexibility index (Phi) is 4.83. The van der Waals surface area contributed by atoms with E-state index < -0.39 is 0 Å². The third-order valence-electron chi connectivity index (χ3n) is 5.41. The molecule has 1 atom stereocenters. The highest BCUT2D eigenvalue weighted by atomic mass is 16.2. The summed E-state index contributed by atoms with van der Waals surface area (Å²) in [5.74, 6) is 0.881. The number of likely N-dealkylation sites (tertiary alicyclic amines) is 1. The van der Waals surface area contributed by atoms with Crippen molar-refractivity contribution in [2.75, 3.05) is 18.4 Å². The van der Waals surface area contributed by atoms with Crippen molar-refractivity contribution in [2.45, 2.75) is 57.2 Å². The molecule has 7 nitrogen and oxygen atoms in total. The van der Waals surface area contributed by atoms with Crippen LogP contribution in [0.1, 0.15) is 44.6 Å². The fraction of sp³-hybridized carbons (Fsp3) is 0.611. The lowest BCUT2D eigenvalue weighted by molar-refractivity contribution is -0.117. The molecule has 134 valence electrons. The molecule has 25 heavy (non-hydrogen) atoms. The van der Waals surface area contributed by atoms with Gasteiger partial charge in [-0.05, 0) is 38.3 Å². The van der Waals surface area contributed by atoms with E-state index in [0.29, 0.717) is 18.6 Å². The molecule has 2 aromatic heterocycles. The maximum absolute atomic E-state index is 12.6. The fourth-order valence-corrected chi connectivity index (χ4v) is 4.15. The van der Waals surface area contributed by atoms with Crippen molar-refractivity contribution >= 4 is 11.7 Å². The normalized spacial score (nSPS) is 21.8. The van der Waals surface area contributed by atoms with Crippen LogP contribution in [-0.4, -0.2) is 49.5 Å². The van der Waals surface area contributed by atoms with Gasteiger partial charge in [-0.1, -0.05) is 12.8 Å². The van der Waals surface area contributed by atoms with Crippen LogP contribution < -0.4 is 5.32 Å². The number of carbonyl (C=O) groups excluding carboxylic acids is 1. The average molecular weight is 342 g/mol. The minimum Gasteiger partial charge on any atom is -0.310 e. The predicted molar refractivity (Wildman–Crippen MR) is 95.2 cm³/mol. The molecule has 2 aliphatic rings. The van der Waals surface area contributed by atoms with Crippen molar-refractivity contribution in [3.8, 4) is 0 Å². The van der Waals surface area contributed by atoms with Gasteiger partial charge in [-0.3, -0.25) is 14.4 Å². The van der Waals surface area contributed by atoms with Crippen LogP contribution in [0.3, 0.4) is 0 Å². The molecule has 0 aromatic carbocycles. The number of anilines is 1. The van der Waals surface area contributed by atoms with Gasteiger partial charge >= 0.3 is 0 Å². The molecule has 1 aliphatic heterocycles. The Labute approximate surface area is 148 Å². The van der Waals surface area contributed by atoms with E-state index in [9.17, 15) is 4.79 Å². The minimum absolute atomic E-state index is 0.0483. The molecule has 4 rings (SSSR count). The van der Waals surface area contributed by atoms with Gasteiger partial charge in [0.25, 0.3) is 0 Å². The number of nitrogens with zero attached hydrogens (tertiary/aromatic N) is 5. The first-order valence-corrected chi connectivity index (χ1v) is 9.34. The number of amides is 1. The van der Waals surface area contributed by atoms with Crippen molar-refractivity contribution in [3.63, 3.8) is 0 Å². The van der Waals surface area contributed by atoms with E-state index in [2.05, 4.69) is 20.4 Å². The summed E-state index contributed by atoms with van der Waals surface area (Å²) in [5, 5.41) is 11.8. The van der Waals surface area contributed by atoms with E-state index in [-0.39, 0.29) is 5.91 Å². The summed E-state index contributed by atoms with van der Waals surface area (Å²) in [6.45, 7) is 2.25. The topological polar surface area (TPSA) is 68.0 Å². The van der Waals surface area contributed by atoms with Crippen LogP contribution in [-0.2, 0) is 11.3 Å². The Morgan fingerprint density at radius 1 is 1.16 bits per heavy atom. The molecule has 2 aromatic rings. The fourth-order valence-electron chi connectivity index (χ4n) is 4.15. The zero-order valence-corrected chi connectivity index (χ0v) is 14.5. The number of hydrogen-bond acceptors (Lipinski definition) is 4. The number of aromatic nitrogens is 4. The van der Waals surface area contributed by atoms with E-state index in [4.69, 9.17) is 0 Å². The van der Waals surface area contributed by atoms with Gasteiger partial charge in [-0.25, -0.2) is 4.68 Å². The molecule has 0 unspecified atom stereocenters. The lowest BCUT2D eigenvalue weighted by Crippen LogP contribution is -2.39. The van der Waals surface area contributed by atoms with Crippen LogP contribution in [0.25, 0.3) is 0 Å². The second-order valence-corrected chi connectivity index (χ2v) is 7.14. The van der Waals surface area contributed by atoms with Gasteiger partial charge in [-0.15, -0.1) is 0 Å². The molecule has 2 fully saturated rings. The smallest absolute Gasteiger partial charge is 0.239 e. The van der Waals surface area contributed by atoms with Crippen molar-refractivity contribution in [2.24, 2.45) is 0 Å². The molecule has 0 bridgehead atoms. The lowest BCUT2D eigenvalue weighted by Gasteiger charge is -2.24. The molecular weight excluding hydrogens is 316 g/mol. The molecule has 1 N–H and O–H groups in total. The maximum Gasteiger partial charge on any atom is 0.239 e. The van der Waals surface area contributed by atoms with Crippen LogP contribution in [0.15, 0.2) is 30.7 Å². The van der Waals surface area contributed by atoms with E-state index in [0.717, 1.165) is 44.6 Å². The van der Waals surface area contributed by atoms with Crippen molar-refractivity contribution in [1.29, 1.82) is 0 Å². The van der Waals surface area contributed by atoms with Crippen LogP contribution in [0, 0.1) is 0 Å². The quantitative estimate of drug-likeness (QED) is 0.875. The number of carbonyl (C=O) groups is 1. The Morgan fingerprint density at radius 2 is 2.04 bits per heavy atom. The summed E-state index contributed by atoms with van der Waals surface area (Å²) >= 11 is 0. The van der Waals surface area contributed by atoms with E-state index >= 15 is 0 Å². The zero-order valence-electron chi connectivity index (χ0n) is 14.5. The molecule has 0 spiro atoms. The molecule has 0 radical (unpaired) electrons. The zero-order chi connectivity index (χ0) is 17.1. The van der Waals surface area contributed by atoms with Crippen LogP contribution >= 0.6 is 0 Å². The van der Waals surface area contributed by atoms with Crippen molar-refractivity contribution < 1.29 is 4.79 Å². The molecular formula is C18H26N6O. The summed E-state index contributed by atoms with van der Waals surface area (Å²) in [7, 11) is 0. The van der Waals surface area contributed by atoms with E-state index in [1.54, 1.807) is 12.4 Å². The highest BCUT2D eigenvalue weighted by Crippen LogP contribution is 2.31. The Balaban J connectivity index is 1.35. The van der Waals surface area contributed by atoms with Gasteiger partial charge in [0.1, 0.15) is 5.82 Å². The first kappa shape index (κ1) is 16.3. The van der Waals surface area contributed by atoms with E-state index in [1.807, 2.05) is 27.7 Å². The third kappa shape index (κ3) is 3.76. The van der Waals surface area contributed by atoms with Crippen LogP contribution in [0.2, 0.25) is 0 Å². The Hall–Kier alpha value is -2.15. The lowest BCUT2D eigenvalue weighted by atomic mass is 10.2. The summed E-state index contributed by atoms with van der Waals surface area (Å²) in [4.78, 5) is 14.8. The van der Waals surface area contributed by atoms with Crippen LogP contribution in [0.4, 0.5) is 5.82 Å². The van der Waals surface area contributed by atoms with Crippen molar-refractivity contribution in [3.05, 3.63) is 30.7 Å². The first-order chi connectivity index (χ1) is 12.3. The largest absolute Gasteiger partial charge is 0.310 e.